The zero-order chi connectivity index (χ0) is 12.7. The standard InChI is InChI=1S/C13H26N2O2/c1-10(9-17-3)6-13(16)15-8-12-7-14-5-4-11(12)2/h10-12,14H,4-9H2,1-3H3,(H,15,16). The number of nitrogens with one attached hydrogen (secondary N) is 2. The first-order valence-electron chi connectivity index (χ1n) is 6.59. The van der Waals surface area contributed by atoms with Crippen LogP contribution in [0.2, 0.25) is 0 Å². The number of carbonyl (C=O) groups excluding carboxylic acids is 1. The van der Waals surface area contributed by atoms with Crippen molar-refractivity contribution in [3.63, 3.8) is 0 Å². The van der Waals surface area contributed by atoms with Gasteiger partial charge in [-0.1, -0.05) is 13.8 Å². The van der Waals surface area contributed by atoms with E-state index in [2.05, 4.69) is 17.6 Å². The van der Waals surface area contributed by atoms with Crippen LogP contribution in [0, 0.1) is 17.8 Å². The number of amides is 1. The number of piperidine rings is 1. The molecule has 1 fully saturated rings. The second-order valence-corrected chi connectivity index (χ2v) is 5.30. The molecule has 100 valence electrons. The van der Waals surface area contributed by atoms with Gasteiger partial charge >= 0.3 is 0 Å². The molecule has 0 aliphatic carbocycles. The van der Waals surface area contributed by atoms with Crippen molar-refractivity contribution in [2.45, 2.75) is 26.7 Å². The molecule has 1 saturated heterocycles. The summed E-state index contributed by atoms with van der Waals surface area (Å²) < 4.78 is 5.03. The van der Waals surface area contributed by atoms with Crippen LogP contribution in [0.5, 0.6) is 0 Å². The average Bonchev–Trinajstić information content (AvgIpc) is 2.28. The minimum atomic E-state index is 0.146. The topological polar surface area (TPSA) is 50.4 Å². The van der Waals surface area contributed by atoms with Crippen LogP contribution in [0.3, 0.4) is 0 Å². The van der Waals surface area contributed by atoms with Gasteiger partial charge in [-0.3, -0.25) is 4.79 Å². The zero-order valence-corrected chi connectivity index (χ0v) is 11.3. The minimum Gasteiger partial charge on any atom is -0.384 e. The van der Waals surface area contributed by atoms with Crippen LogP contribution in [-0.4, -0.2) is 39.3 Å². The lowest BCUT2D eigenvalue weighted by Crippen LogP contribution is -2.42. The molecule has 1 heterocycles. The van der Waals surface area contributed by atoms with E-state index in [-0.39, 0.29) is 5.91 Å². The summed E-state index contributed by atoms with van der Waals surface area (Å²) in [7, 11) is 1.67. The van der Waals surface area contributed by atoms with Crippen LogP contribution >= 0.6 is 0 Å². The molecule has 0 aromatic rings. The van der Waals surface area contributed by atoms with Crippen molar-refractivity contribution in [3.8, 4) is 0 Å². The molecule has 1 aliphatic heterocycles. The van der Waals surface area contributed by atoms with Gasteiger partial charge in [0.1, 0.15) is 0 Å². The maximum Gasteiger partial charge on any atom is 0.220 e. The minimum absolute atomic E-state index is 0.146. The molecule has 0 aromatic carbocycles. The second-order valence-electron chi connectivity index (χ2n) is 5.30. The molecule has 0 spiro atoms. The first kappa shape index (κ1) is 14.5. The summed E-state index contributed by atoms with van der Waals surface area (Å²) in [5.41, 5.74) is 0. The van der Waals surface area contributed by atoms with E-state index in [4.69, 9.17) is 4.74 Å². The molecule has 17 heavy (non-hydrogen) atoms. The van der Waals surface area contributed by atoms with E-state index < -0.39 is 0 Å². The highest BCUT2D eigenvalue weighted by Crippen LogP contribution is 2.17. The van der Waals surface area contributed by atoms with Crippen LogP contribution < -0.4 is 10.6 Å². The Bertz CT molecular complexity index is 233. The highest BCUT2D eigenvalue weighted by atomic mass is 16.5. The van der Waals surface area contributed by atoms with Crippen molar-refractivity contribution in [2.75, 3.05) is 33.4 Å². The molecule has 1 aliphatic rings. The number of rotatable bonds is 6. The van der Waals surface area contributed by atoms with Crippen LogP contribution in [0.25, 0.3) is 0 Å². The summed E-state index contributed by atoms with van der Waals surface area (Å²) in [5.74, 6) is 1.72. The van der Waals surface area contributed by atoms with Crippen molar-refractivity contribution < 1.29 is 9.53 Å². The lowest BCUT2D eigenvalue weighted by atomic mass is 9.88. The van der Waals surface area contributed by atoms with Gasteiger partial charge in [-0.15, -0.1) is 0 Å². The van der Waals surface area contributed by atoms with Gasteiger partial charge in [0, 0.05) is 26.7 Å². The summed E-state index contributed by atoms with van der Waals surface area (Å²) in [6.45, 7) is 7.88. The first-order chi connectivity index (χ1) is 8.13. The maximum atomic E-state index is 11.7. The van der Waals surface area contributed by atoms with Crippen molar-refractivity contribution in [1.29, 1.82) is 0 Å². The smallest absolute Gasteiger partial charge is 0.220 e. The molecule has 0 radical (unpaired) electrons. The predicted octanol–water partition coefficient (Wildman–Crippen LogP) is 1.02. The molecule has 4 nitrogen and oxygen atoms in total. The molecule has 3 unspecified atom stereocenters. The summed E-state index contributed by atoms with van der Waals surface area (Å²) in [6, 6.07) is 0. The molecule has 0 saturated carbocycles. The summed E-state index contributed by atoms with van der Waals surface area (Å²) in [6.07, 6.45) is 1.77. The quantitative estimate of drug-likeness (QED) is 0.731. The van der Waals surface area contributed by atoms with Gasteiger partial charge in [-0.05, 0) is 37.3 Å². The third-order valence-electron chi connectivity index (χ3n) is 3.53. The van der Waals surface area contributed by atoms with E-state index in [9.17, 15) is 4.79 Å². The van der Waals surface area contributed by atoms with E-state index in [1.54, 1.807) is 7.11 Å². The summed E-state index contributed by atoms with van der Waals surface area (Å²) >= 11 is 0. The predicted molar refractivity (Wildman–Crippen MR) is 68.8 cm³/mol. The van der Waals surface area contributed by atoms with Crippen LogP contribution in [0.1, 0.15) is 26.7 Å². The summed E-state index contributed by atoms with van der Waals surface area (Å²) in [5, 5.41) is 6.42. The summed E-state index contributed by atoms with van der Waals surface area (Å²) in [4.78, 5) is 11.7. The van der Waals surface area contributed by atoms with E-state index in [1.165, 1.54) is 6.42 Å². The number of carbonyl (C=O) groups is 1. The number of ether oxygens (including phenoxy) is 1. The Hall–Kier alpha value is -0.610. The molecule has 4 heteroatoms. The van der Waals surface area contributed by atoms with Gasteiger partial charge in [-0.2, -0.15) is 0 Å². The van der Waals surface area contributed by atoms with E-state index in [1.807, 2.05) is 6.92 Å². The normalized spacial score (nSPS) is 26.5. The number of methoxy groups -OCH3 is 1. The Morgan fingerprint density at radius 2 is 2.35 bits per heavy atom. The molecular formula is C13H26N2O2. The highest BCUT2D eigenvalue weighted by Gasteiger charge is 2.21. The fourth-order valence-electron chi connectivity index (χ4n) is 2.30. The molecule has 0 aromatic heterocycles. The van der Waals surface area contributed by atoms with E-state index >= 15 is 0 Å². The van der Waals surface area contributed by atoms with Crippen LogP contribution in [-0.2, 0) is 9.53 Å². The average molecular weight is 242 g/mol. The largest absolute Gasteiger partial charge is 0.384 e. The Kier molecular flexibility index (Phi) is 6.52. The third-order valence-corrected chi connectivity index (χ3v) is 3.53. The molecule has 0 bridgehead atoms. The van der Waals surface area contributed by atoms with Crippen LogP contribution in [0.15, 0.2) is 0 Å². The van der Waals surface area contributed by atoms with Crippen molar-refractivity contribution in [1.82, 2.24) is 10.6 Å². The molecular weight excluding hydrogens is 216 g/mol. The molecule has 3 atom stereocenters. The van der Waals surface area contributed by atoms with Crippen LogP contribution in [0.4, 0.5) is 0 Å². The Balaban J connectivity index is 2.18. The van der Waals surface area contributed by atoms with E-state index in [0.29, 0.717) is 30.8 Å². The van der Waals surface area contributed by atoms with Gasteiger partial charge in [0.05, 0.1) is 0 Å². The zero-order valence-electron chi connectivity index (χ0n) is 11.3. The fourth-order valence-corrected chi connectivity index (χ4v) is 2.30. The number of hydrogen-bond acceptors (Lipinski definition) is 3. The fraction of sp³-hybridized carbons (Fsp3) is 0.923. The maximum absolute atomic E-state index is 11.7. The SMILES string of the molecule is COCC(C)CC(=O)NCC1CNCCC1C. The van der Waals surface area contributed by atoms with Gasteiger partial charge < -0.3 is 15.4 Å². The second kappa shape index (κ2) is 7.67. The highest BCUT2D eigenvalue weighted by molar-refractivity contribution is 5.76. The van der Waals surface area contributed by atoms with Crippen molar-refractivity contribution in [2.24, 2.45) is 17.8 Å². The molecule has 1 rings (SSSR count). The number of hydrogen-bond donors (Lipinski definition) is 2. The lowest BCUT2D eigenvalue weighted by molar-refractivity contribution is -0.122. The Labute approximate surface area is 104 Å². The lowest BCUT2D eigenvalue weighted by Gasteiger charge is -2.29. The van der Waals surface area contributed by atoms with Crippen molar-refractivity contribution >= 4 is 5.91 Å². The van der Waals surface area contributed by atoms with E-state index in [0.717, 1.165) is 19.6 Å². The molecule has 1 amide bonds. The van der Waals surface area contributed by atoms with Crippen molar-refractivity contribution in [3.05, 3.63) is 0 Å². The third kappa shape index (κ3) is 5.50. The Morgan fingerprint density at radius 1 is 1.59 bits per heavy atom. The Morgan fingerprint density at radius 3 is 3.00 bits per heavy atom. The van der Waals surface area contributed by atoms with Gasteiger partial charge in [0.15, 0.2) is 0 Å². The van der Waals surface area contributed by atoms with Gasteiger partial charge in [-0.25, -0.2) is 0 Å². The van der Waals surface area contributed by atoms with Gasteiger partial charge in [0.25, 0.3) is 0 Å². The monoisotopic (exact) mass is 242 g/mol. The first-order valence-corrected chi connectivity index (χ1v) is 6.59. The molecule has 2 N–H and O–H groups in total. The van der Waals surface area contributed by atoms with Gasteiger partial charge in [0.2, 0.25) is 5.91 Å².